The number of thiophene rings is 1. The summed E-state index contributed by atoms with van der Waals surface area (Å²) in [5.74, 6) is -1.48. The number of benzene rings is 1. The fourth-order valence-corrected chi connectivity index (χ4v) is 4.28. The molecule has 0 radical (unpaired) electrons. The van der Waals surface area contributed by atoms with Crippen LogP contribution in [-0.4, -0.2) is 26.2 Å². The third-order valence-corrected chi connectivity index (χ3v) is 5.40. The number of thiocarbonyl (C=S) groups is 1. The number of hydrogen-bond acceptors (Lipinski definition) is 5. The number of hydrogen-bond donors (Lipinski definition) is 1. The Morgan fingerprint density at radius 3 is 2.57 bits per heavy atom. The number of thioether (sulfide) groups is 1. The fraction of sp³-hybridized carbons (Fsp3) is 0.0625. The topological polar surface area (TPSA) is 57.6 Å². The Morgan fingerprint density at radius 2 is 1.96 bits per heavy atom. The number of carbonyl (C=O) groups excluding carboxylic acids is 1. The van der Waals surface area contributed by atoms with Crippen LogP contribution in [0.3, 0.4) is 0 Å². The largest absolute Gasteiger partial charge is 0.479 e. The SMILES string of the molecule is O=C(O)[C@H](c1ccccc1)N1C(=O)/C(=C\c2cccs2)SC1=S. The highest BCUT2D eigenvalue weighted by atomic mass is 32.2. The van der Waals surface area contributed by atoms with E-state index in [4.69, 9.17) is 12.2 Å². The Balaban J connectivity index is 1.97. The van der Waals surface area contributed by atoms with Gasteiger partial charge in [-0.25, -0.2) is 4.79 Å². The molecule has 0 saturated carbocycles. The Bertz CT molecular complexity index is 784. The van der Waals surface area contributed by atoms with E-state index in [1.165, 1.54) is 16.2 Å². The van der Waals surface area contributed by atoms with Crippen molar-refractivity contribution in [2.24, 2.45) is 0 Å². The molecule has 1 atom stereocenters. The summed E-state index contributed by atoms with van der Waals surface area (Å²) in [4.78, 5) is 26.9. The molecule has 1 saturated heterocycles. The van der Waals surface area contributed by atoms with E-state index in [1.54, 1.807) is 36.4 Å². The second-order valence-electron chi connectivity index (χ2n) is 4.72. The molecule has 2 heterocycles. The average molecular weight is 361 g/mol. The van der Waals surface area contributed by atoms with Gasteiger partial charge in [0.15, 0.2) is 6.04 Å². The van der Waals surface area contributed by atoms with E-state index < -0.39 is 12.0 Å². The molecule has 116 valence electrons. The Hall–Kier alpha value is -1.96. The van der Waals surface area contributed by atoms with Crippen molar-refractivity contribution in [2.75, 3.05) is 0 Å². The van der Waals surface area contributed by atoms with Gasteiger partial charge in [0.1, 0.15) is 4.32 Å². The molecule has 0 spiro atoms. The number of carboxylic acids is 1. The molecule has 0 aliphatic carbocycles. The van der Waals surface area contributed by atoms with Crippen LogP contribution in [0.1, 0.15) is 16.5 Å². The monoisotopic (exact) mass is 361 g/mol. The summed E-state index contributed by atoms with van der Waals surface area (Å²) in [6, 6.07) is 11.3. The number of aliphatic carboxylic acids is 1. The minimum Gasteiger partial charge on any atom is -0.479 e. The van der Waals surface area contributed by atoms with Crippen LogP contribution >= 0.6 is 35.3 Å². The molecule has 1 aliphatic rings. The van der Waals surface area contributed by atoms with Crippen molar-refractivity contribution >= 4 is 57.6 Å². The molecule has 0 bridgehead atoms. The number of rotatable bonds is 4. The highest BCUT2D eigenvalue weighted by Gasteiger charge is 2.41. The zero-order chi connectivity index (χ0) is 16.4. The zero-order valence-electron chi connectivity index (χ0n) is 11.7. The number of nitrogens with zero attached hydrogens (tertiary/aromatic N) is 1. The van der Waals surface area contributed by atoms with Crippen molar-refractivity contribution in [3.05, 3.63) is 63.2 Å². The van der Waals surface area contributed by atoms with Crippen LogP contribution in [0.25, 0.3) is 6.08 Å². The molecule has 0 unspecified atom stereocenters. The van der Waals surface area contributed by atoms with Gasteiger partial charge in [0.2, 0.25) is 0 Å². The maximum absolute atomic E-state index is 12.7. The van der Waals surface area contributed by atoms with Crippen LogP contribution in [0.5, 0.6) is 0 Å². The van der Waals surface area contributed by atoms with Crippen LogP contribution in [0.15, 0.2) is 52.7 Å². The van der Waals surface area contributed by atoms with E-state index in [1.807, 2.05) is 17.5 Å². The molecule has 1 N–H and O–H groups in total. The third kappa shape index (κ3) is 3.21. The van der Waals surface area contributed by atoms with Gasteiger partial charge in [-0.3, -0.25) is 9.69 Å². The van der Waals surface area contributed by atoms with Crippen LogP contribution in [-0.2, 0) is 9.59 Å². The van der Waals surface area contributed by atoms with Crippen molar-refractivity contribution in [3.63, 3.8) is 0 Å². The standard InChI is InChI=1S/C16H11NO3S3/c18-14-12(9-11-7-4-8-22-11)23-16(21)17(14)13(15(19)20)10-5-2-1-3-6-10/h1-9,13H,(H,19,20)/b12-9+/t13-/m0/s1. The smallest absolute Gasteiger partial charge is 0.331 e. The molecule has 1 aliphatic heterocycles. The van der Waals surface area contributed by atoms with Gasteiger partial charge in [0.05, 0.1) is 4.91 Å². The Kier molecular flexibility index (Phi) is 4.61. The van der Waals surface area contributed by atoms with Crippen LogP contribution < -0.4 is 0 Å². The van der Waals surface area contributed by atoms with E-state index in [2.05, 4.69) is 0 Å². The lowest BCUT2D eigenvalue weighted by atomic mass is 10.1. The van der Waals surface area contributed by atoms with E-state index in [-0.39, 0.29) is 10.2 Å². The van der Waals surface area contributed by atoms with Gasteiger partial charge < -0.3 is 5.11 Å². The summed E-state index contributed by atoms with van der Waals surface area (Å²) in [5, 5.41) is 11.5. The lowest BCUT2D eigenvalue weighted by molar-refractivity contribution is -0.145. The number of carbonyl (C=O) groups is 2. The summed E-state index contributed by atoms with van der Waals surface area (Å²) in [5.41, 5.74) is 0.522. The molecule has 7 heteroatoms. The molecular weight excluding hydrogens is 350 g/mol. The van der Waals surface area contributed by atoms with Gasteiger partial charge in [0.25, 0.3) is 5.91 Å². The Labute approximate surface area is 146 Å². The van der Waals surface area contributed by atoms with Crippen LogP contribution in [0, 0.1) is 0 Å². The molecular formula is C16H11NO3S3. The predicted molar refractivity (Wildman–Crippen MR) is 96.1 cm³/mol. The van der Waals surface area contributed by atoms with E-state index in [0.717, 1.165) is 16.6 Å². The maximum atomic E-state index is 12.7. The molecule has 4 nitrogen and oxygen atoms in total. The highest BCUT2D eigenvalue weighted by Crippen LogP contribution is 2.38. The molecule has 1 amide bonds. The molecule has 1 aromatic heterocycles. The van der Waals surface area contributed by atoms with Crippen molar-refractivity contribution in [2.45, 2.75) is 6.04 Å². The van der Waals surface area contributed by atoms with E-state index in [0.29, 0.717) is 10.5 Å². The van der Waals surface area contributed by atoms with Crippen molar-refractivity contribution in [3.8, 4) is 0 Å². The van der Waals surface area contributed by atoms with Gasteiger partial charge in [-0.2, -0.15) is 0 Å². The normalized spacial score (nSPS) is 17.7. The van der Waals surface area contributed by atoms with Gasteiger partial charge >= 0.3 is 5.97 Å². The first-order chi connectivity index (χ1) is 11.1. The predicted octanol–water partition coefficient (Wildman–Crippen LogP) is 3.78. The van der Waals surface area contributed by atoms with Crippen molar-refractivity contribution < 1.29 is 14.7 Å². The van der Waals surface area contributed by atoms with Crippen LogP contribution in [0.4, 0.5) is 0 Å². The molecule has 3 rings (SSSR count). The first-order valence-electron chi connectivity index (χ1n) is 6.66. The first-order valence-corrected chi connectivity index (χ1v) is 8.76. The third-order valence-electron chi connectivity index (χ3n) is 3.25. The molecule has 2 aromatic rings. The minimum absolute atomic E-state index is 0.258. The summed E-state index contributed by atoms with van der Waals surface area (Å²) in [7, 11) is 0. The molecule has 1 fully saturated rings. The lowest BCUT2D eigenvalue weighted by Crippen LogP contribution is -2.37. The highest BCUT2D eigenvalue weighted by molar-refractivity contribution is 8.26. The van der Waals surface area contributed by atoms with Gasteiger partial charge in [-0.1, -0.05) is 60.4 Å². The fourth-order valence-electron chi connectivity index (χ4n) is 2.24. The summed E-state index contributed by atoms with van der Waals surface area (Å²) < 4.78 is 0.258. The lowest BCUT2D eigenvalue weighted by Gasteiger charge is -2.23. The number of amides is 1. The minimum atomic E-state index is -1.11. The van der Waals surface area contributed by atoms with Gasteiger partial charge in [0, 0.05) is 4.88 Å². The van der Waals surface area contributed by atoms with Gasteiger partial charge in [-0.15, -0.1) is 11.3 Å². The van der Waals surface area contributed by atoms with Crippen molar-refractivity contribution in [1.82, 2.24) is 4.90 Å². The van der Waals surface area contributed by atoms with Gasteiger partial charge in [-0.05, 0) is 23.1 Å². The Morgan fingerprint density at radius 1 is 1.22 bits per heavy atom. The van der Waals surface area contributed by atoms with Crippen molar-refractivity contribution in [1.29, 1.82) is 0 Å². The van der Waals surface area contributed by atoms with Crippen LogP contribution in [0.2, 0.25) is 0 Å². The van der Waals surface area contributed by atoms with E-state index >= 15 is 0 Å². The molecule has 23 heavy (non-hydrogen) atoms. The zero-order valence-corrected chi connectivity index (χ0v) is 14.2. The summed E-state index contributed by atoms with van der Waals surface area (Å²) >= 11 is 7.89. The maximum Gasteiger partial charge on any atom is 0.331 e. The second kappa shape index (κ2) is 6.66. The second-order valence-corrected chi connectivity index (χ2v) is 7.37. The molecule has 1 aromatic carbocycles. The van der Waals surface area contributed by atoms with E-state index in [9.17, 15) is 14.7 Å². The summed E-state index contributed by atoms with van der Waals surface area (Å²) in [6.45, 7) is 0. The number of carboxylic acid groups (broad SMARTS) is 1. The average Bonchev–Trinajstić information content (AvgIpc) is 3.12. The first kappa shape index (κ1) is 15.9. The summed E-state index contributed by atoms with van der Waals surface area (Å²) in [6.07, 6.45) is 1.74. The quantitative estimate of drug-likeness (QED) is 0.663.